The fraction of sp³-hybridized carbons (Fsp3) is 0.783. The average Bonchev–Trinajstić information content (AvgIpc) is 3.04. The third-order valence-electron chi connectivity index (χ3n) is 6.17. The Balaban J connectivity index is 1.65. The van der Waals surface area contributed by atoms with Crippen LogP contribution in [0.15, 0.2) is 29.8 Å². The molecular weight excluding hydrogens is 362 g/mol. The normalized spacial score (nSPS) is 24.5. The Morgan fingerprint density at radius 2 is 1.79 bits per heavy atom. The van der Waals surface area contributed by atoms with Crippen LogP contribution in [0.1, 0.15) is 77.0 Å². The molecule has 0 aliphatic carbocycles. The second-order valence-electron chi connectivity index (χ2n) is 8.55. The zero-order valence-electron chi connectivity index (χ0n) is 18.3. The lowest BCUT2D eigenvalue weighted by atomic mass is 10.0. The molecule has 0 saturated carbocycles. The lowest BCUT2D eigenvalue weighted by Gasteiger charge is -2.45. The van der Waals surface area contributed by atoms with Gasteiger partial charge in [0.1, 0.15) is 5.72 Å². The van der Waals surface area contributed by atoms with Crippen LogP contribution < -0.4 is 11.5 Å². The molecule has 0 aromatic rings. The second kappa shape index (κ2) is 13.0. The lowest BCUT2D eigenvalue weighted by Crippen LogP contribution is -2.58. The van der Waals surface area contributed by atoms with Gasteiger partial charge >= 0.3 is 0 Å². The Morgan fingerprint density at radius 3 is 2.52 bits per heavy atom. The van der Waals surface area contributed by atoms with Crippen LogP contribution >= 0.6 is 0 Å². The van der Waals surface area contributed by atoms with Crippen molar-refractivity contribution in [2.45, 2.75) is 88.9 Å². The number of rotatable bonds is 15. The van der Waals surface area contributed by atoms with Crippen molar-refractivity contribution in [1.82, 2.24) is 9.80 Å². The van der Waals surface area contributed by atoms with Crippen LogP contribution in [0.2, 0.25) is 0 Å². The van der Waals surface area contributed by atoms with Gasteiger partial charge in [-0.05, 0) is 57.6 Å². The molecule has 6 nitrogen and oxygen atoms in total. The maximum absolute atomic E-state index is 11.2. The number of aliphatic imine (C=N–C) groups is 1. The largest absolute Gasteiger partial charge is 0.372 e. The van der Waals surface area contributed by atoms with E-state index in [1.54, 1.807) is 0 Å². The van der Waals surface area contributed by atoms with E-state index in [0.29, 0.717) is 6.54 Å². The van der Waals surface area contributed by atoms with E-state index < -0.39 is 5.72 Å². The van der Waals surface area contributed by atoms with E-state index in [9.17, 15) is 5.11 Å². The van der Waals surface area contributed by atoms with E-state index in [0.717, 1.165) is 58.2 Å². The van der Waals surface area contributed by atoms with E-state index in [1.807, 2.05) is 12.2 Å². The van der Waals surface area contributed by atoms with Gasteiger partial charge in [0, 0.05) is 19.6 Å². The van der Waals surface area contributed by atoms with Crippen LogP contribution in [0.4, 0.5) is 0 Å². The van der Waals surface area contributed by atoms with Crippen molar-refractivity contribution in [3.63, 3.8) is 0 Å². The molecule has 0 radical (unpaired) electrons. The molecule has 29 heavy (non-hydrogen) atoms. The van der Waals surface area contributed by atoms with Gasteiger partial charge in [-0.3, -0.25) is 14.8 Å². The molecule has 2 heterocycles. The summed E-state index contributed by atoms with van der Waals surface area (Å²) in [5.41, 5.74) is 10.00. The van der Waals surface area contributed by atoms with Crippen molar-refractivity contribution < 1.29 is 5.11 Å². The number of allylic oxidation sites excluding steroid dienone is 1. The summed E-state index contributed by atoms with van der Waals surface area (Å²) in [6.45, 7) is 7.56. The summed E-state index contributed by atoms with van der Waals surface area (Å²) >= 11 is 0. The molecule has 1 fully saturated rings. The van der Waals surface area contributed by atoms with Crippen molar-refractivity contribution in [3.05, 3.63) is 24.8 Å². The number of fused-ring (bicyclic) bond motifs is 1. The third kappa shape index (κ3) is 8.11. The highest BCUT2D eigenvalue weighted by Crippen LogP contribution is 2.34. The minimum absolute atomic E-state index is 0.172. The van der Waals surface area contributed by atoms with Crippen LogP contribution in [-0.4, -0.2) is 58.9 Å². The van der Waals surface area contributed by atoms with E-state index in [2.05, 4.69) is 27.4 Å². The lowest BCUT2D eigenvalue weighted by molar-refractivity contribution is -0.122. The summed E-state index contributed by atoms with van der Waals surface area (Å²) in [4.78, 5) is 8.83. The van der Waals surface area contributed by atoms with Crippen molar-refractivity contribution in [2.24, 2.45) is 16.5 Å². The Kier molecular flexibility index (Phi) is 10.7. The highest BCUT2D eigenvalue weighted by molar-refractivity contribution is 5.75. The summed E-state index contributed by atoms with van der Waals surface area (Å²) in [6.07, 6.45) is 20.5. The molecular formula is C23H43N5O. The molecule has 2 atom stereocenters. The number of nitrogens with zero attached hydrogens (tertiary/aromatic N) is 3. The Morgan fingerprint density at radius 1 is 1.07 bits per heavy atom. The molecule has 2 rings (SSSR count). The van der Waals surface area contributed by atoms with Crippen LogP contribution in [0.3, 0.4) is 0 Å². The molecule has 2 aliphatic rings. The topological polar surface area (TPSA) is 91.1 Å². The van der Waals surface area contributed by atoms with Crippen LogP contribution in [0, 0.1) is 0 Å². The van der Waals surface area contributed by atoms with Crippen molar-refractivity contribution >= 4 is 5.96 Å². The highest BCUT2D eigenvalue weighted by atomic mass is 16.3. The Bertz CT molecular complexity index is 531. The second-order valence-corrected chi connectivity index (χ2v) is 8.55. The SMILES string of the molecule is C=CCCCCCCCCCC1(O)C=CC2N(CCCCN=C(N)N)CCCN21. The van der Waals surface area contributed by atoms with Gasteiger partial charge in [-0.15, -0.1) is 6.58 Å². The molecule has 1 saturated heterocycles. The van der Waals surface area contributed by atoms with Gasteiger partial charge in [0.15, 0.2) is 5.96 Å². The van der Waals surface area contributed by atoms with Gasteiger partial charge in [-0.1, -0.05) is 44.3 Å². The monoisotopic (exact) mass is 405 g/mol. The fourth-order valence-electron chi connectivity index (χ4n) is 4.55. The molecule has 0 bridgehead atoms. The highest BCUT2D eigenvalue weighted by Gasteiger charge is 2.43. The molecule has 2 unspecified atom stereocenters. The van der Waals surface area contributed by atoms with E-state index in [4.69, 9.17) is 11.5 Å². The minimum atomic E-state index is -0.758. The van der Waals surface area contributed by atoms with Gasteiger partial charge in [-0.2, -0.15) is 0 Å². The summed E-state index contributed by atoms with van der Waals surface area (Å²) in [7, 11) is 0. The molecule has 2 aliphatic heterocycles. The summed E-state index contributed by atoms with van der Waals surface area (Å²) in [5, 5.41) is 11.2. The van der Waals surface area contributed by atoms with Crippen molar-refractivity contribution in [2.75, 3.05) is 26.2 Å². The molecule has 6 heteroatoms. The molecule has 5 N–H and O–H groups in total. The molecule has 0 amide bonds. The maximum atomic E-state index is 11.2. The standard InChI is InChI=1S/C23H43N5O/c1-2-3-4-5-6-7-8-9-10-15-23(29)16-14-21-27(19-13-20-28(21)23)18-12-11-17-26-22(24)25/h2,14,16,21,29H,1,3-13,15,17-20H2,(H4,24,25,26). The average molecular weight is 406 g/mol. The van der Waals surface area contributed by atoms with Crippen LogP contribution in [-0.2, 0) is 0 Å². The van der Waals surface area contributed by atoms with Gasteiger partial charge in [0.2, 0.25) is 0 Å². The smallest absolute Gasteiger partial charge is 0.185 e. The number of aliphatic hydroxyl groups is 1. The zero-order valence-corrected chi connectivity index (χ0v) is 18.3. The predicted octanol–water partition coefficient (Wildman–Crippen LogP) is 3.33. The minimum Gasteiger partial charge on any atom is -0.372 e. The van der Waals surface area contributed by atoms with Gasteiger partial charge < -0.3 is 16.6 Å². The molecule has 0 aromatic heterocycles. The first-order valence-electron chi connectivity index (χ1n) is 11.7. The molecule has 0 spiro atoms. The first-order valence-corrected chi connectivity index (χ1v) is 11.7. The van der Waals surface area contributed by atoms with Gasteiger partial charge in [-0.25, -0.2) is 0 Å². The zero-order chi connectivity index (χ0) is 21.0. The van der Waals surface area contributed by atoms with E-state index in [-0.39, 0.29) is 12.1 Å². The summed E-state index contributed by atoms with van der Waals surface area (Å²) in [5.74, 6) is 0.172. The fourth-order valence-corrected chi connectivity index (χ4v) is 4.55. The first-order chi connectivity index (χ1) is 14.1. The van der Waals surface area contributed by atoms with Crippen LogP contribution in [0.25, 0.3) is 0 Å². The maximum Gasteiger partial charge on any atom is 0.185 e. The number of hydrogen-bond acceptors (Lipinski definition) is 4. The predicted molar refractivity (Wildman–Crippen MR) is 122 cm³/mol. The molecule has 166 valence electrons. The summed E-state index contributed by atoms with van der Waals surface area (Å²) in [6, 6.07) is 0. The summed E-state index contributed by atoms with van der Waals surface area (Å²) < 4.78 is 0. The molecule has 0 aromatic carbocycles. The van der Waals surface area contributed by atoms with E-state index in [1.165, 1.54) is 38.5 Å². The Hall–Kier alpha value is -1.37. The number of hydrogen-bond donors (Lipinski definition) is 3. The van der Waals surface area contributed by atoms with Crippen molar-refractivity contribution in [1.29, 1.82) is 0 Å². The number of guanidine groups is 1. The quantitative estimate of drug-likeness (QED) is 0.168. The number of unbranched alkanes of at least 4 members (excludes halogenated alkanes) is 8. The van der Waals surface area contributed by atoms with Gasteiger partial charge in [0.05, 0.1) is 6.17 Å². The van der Waals surface area contributed by atoms with Crippen molar-refractivity contribution in [3.8, 4) is 0 Å². The Labute approximate surface area is 177 Å². The number of nitrogens with two attached hydrogens (primary N) is 2. The van der Waals surface area contributed by atoms with Gasteiger partial charge in [0.25, 0.3) is 0 Å². The van der Waals surface area contributed by atoms with Crippen LogP contribution in [0.5, 0.6) is 0 Å². The van der Waals surface area contributed by atoms with E-state index >= 15 is 0 Å². The first kappa shape index (κ1) is 23.9. The third-order valence-corrected chi connectivity index (χ3v) is 6.17.